The third-order valence-corrected chi connectivity index (χ3v) is 2.35. The molecule has 1 rings (SSSR count). The Morgan fingerprint density at radius 3 is 2.70 bits per heavy atom. The molecular weight excluding hydrogens is 280 g/mol. The van der Waals surface area contributed by atoms with E-state index in [1.54, 1.807) is 27.8 Å². The lowest BCUT2D eigenvalue weighted by molar-refractivity contribution is 0.0321. The van der Waals surface area contributed by atoms with Gasteiger partial charge in [-0.15, -0.1) is 0 Å². The average Bonchev–Trinajstić information content (AvgIpc) is 2.30. The van der Waals surface area contributed by atoms with Crippen molar-refractivity contribution in [3.63, 3.8) is 0 Å². The maximum atomic E-state index is 11.7. The van der Waals surface area contributed by atoms with Gasteiger partial charge in [-0.3, -0.25) is 0 Å². The van der Waals surface area contributed by atoms with Gasteiger partial charge in [0.2, 0.25) is 0 Å². The Kier molecular flexibility index (Phi) is 5.17. The number of rotatable bonds is 1. The van der Waals surface area contributed by atoms with Crippen molar-refractivity contribution in [3.8, 4) is 11.8 Å². The average molecular weight is 297 g/mol. The molecule has 2 N–H and O–H groups in total. The molecule has 1 amide bonds. The molecule has 20 heavy (non-hydrogen) atoms. The van der Waals surface area contributed by atoms with Crippen molar-refractivity contribution in [3.05, 3.63) is 17.0 Å². The van der Waals surface area contributed by atoms with Crippen LogP contribution in [0.15, 0.2) is 6.33 Å². The van der Waals surface area contributed by atoms with Gasteiger partial charge in [0.1, 0.15) is 28.5 Å². The number of hydrogen-bond donors (Lipinski definition) is 1. The van der Waals surface area contributed by atoms with Crippen LogP contribution in [0.5, 0.6) is 0 Å². The van der Waals surface area contributed by atoms with Crippen LogP contribution < -0.4 is 5.73 Å². The topological polar surface area (TPSA) is 81.3 Å². The van der Waals surface area contributed by atoms with E-state index in [-0.39, 0.29) is 17.5 Å². The van der Waals surface area contributed by atoms with E-state index < -0.39 is 11.7 Å². The Morgan fingerprint density at radius 2 is 2.15 bits per heavy atom. The van der Waals surface area contributed by atoms with Gasteiger partial charge in [-0.25, -0.2) is 14.8 Å². The van der Waals surface area contributed by atoms with Crippen LogP contribution in [0.1, 0.15) is 26.3 Å². The van der Waals surface area contributed by atoms with Crippen molar-refractivity contribution in [2.24, 2.45) is 0 Å². The second-order valence-electron chi connectivity index (χ2n) is 5.06. The Morgan fingerprint density at radius 1 is 1.50 bits per heavy atom. The molecule has 0 spiro atoms. The van der Waals surface area contributed by atoms with Crippen molar-refractivity contribution < 1.29 is 9.53 Å². The maximum Gasteiger partial charge on any atom is 0.410 e. The standard InChI is InChI=1S/C13H17ClN4O2/c1-13(2,3)20-12(19)18(4)7-5-6-9-10(14)16-8-17-11(9)15/h8H,7H2,1-4H3,(H2,15,16,17). The molecule has 6 nitrogen and oxygen atoms in total. The van der Waals surface area contributed by atoms with Gasteiger partial charge in [0.15, 0.2) is 0 Å². The summed E-state index contributed by atoms with van der Waals surface area (Å²) in [6.07, 6.45) is 0.811. The minimum atomic E-state index is -0.542. The molecule has 0 atom stereocenters. The number of amides is 1. The zero-order valence-corrected chi connectivity index (χ0v) is 12.7. The first-order valence-corrected chi connectivity index (χ1v) is 6.27. The summed E-state index contributed by atoms with van der Waals surface area (Å²) in [5.74, 6) is 5.73. The fourth-order valence-electron chi connectivity index (χ4n) is 1.14. The van der Waals surface area contributed by atoms with E-state index >= 15 is 0 Å². The molecule has 7 heteroatoms. The summed E-state index contributed by atoms with van der Waals surface area (Å²) >= 11 is 5.86. The van der Waals surface area contributed by atoms with Crippen LogP contribution in [0.3, 0.4) is 0 Å². The van der Waals surface area contributed by atoms with E-state index in [4.69, 9.17) is 22.1 Å². The predicted octanol–water partition coefficient (Wildman–Crippen LogP) is 1.93. The van der Waals surface area contributed by atoms with Crippen LogP contribution in [0, 0.1) is 11.8 Å². The number of halogens is 1. The molecular formula is C13H17ClN4O2. The highest BCUT2D eigenvalue weighted by Gasteiger charge is 2.18. The van der Waals surface area contributed by atoms with Crippen LogP contribution >= 0.6 is 11.6 Å². The van der Waals surface area contributed by atoms with E-state index in [1.807, 2.05) is 0 Å². The summed E-state index contributed by atoms with van der Waals surface area (Å²) < 4.78 is 5.19. The Bertz CT molecular complexity index is 537. The minimum Gasteiger partial charge on any atom is -0.444 e. The van der Waals surface area contributed by atoms with E-state index in [0.29, 0.717) is 5.56 Å². The van der Waals surface area contributed by atoms with Gasteiger partial charge in [-0.1, -0.05) is 23.4 Å². The van der Waals surface area contributed by atoms with E-state index in [2.05, 4.69) is 21.8 Å². The highest BCUT2D eigenvalue weighted by atomic mass is 35.5. The second kappa shape index (κ2) is 6.44. The van der Waals surface area contributed by atoms with Gasteiger partial charge in [-0.05, 0) is 20.8 Å². The van der Waals surface area contributed by atoms with E-state index in [0.717, 1.165) is 0 Å². The molecule has 0 radical (unpaired) electrons. The summed E-state index contributed by atoms with van der Waals surface area (Å²) in [6, 6.07) is 0. The Labute approximate surface area is 123 Å². The summed E-state index contributed by atoms with van der Waals surface area (Å²) in [5.41, 5.74) is 5.45. The Hall–Kier alpha value is -2.00. The van der Waals surface area contributed by atoms with Crippen LogP contribution in [0.25, 0.3) is 0 Å². The van der Waals surface area contributed by atoms with Crippen LogP contribution in [0.4, 0.5) is 10.6 Å². The molecule has 0 bridgehead atoms. The molecule has 0 aliphatic heterocycles. The summed E-state index contributed by atoms with van der Waals surface area (Å²) in [5, 5.41) is 0.185. The van der Waals surface area contributed by atoms with Crippen LogP contribution in [0.2, 0.25) is 5.15 Å². The maximum absolute atomic E-state index is 11.7. The number of nitrogen functional groups attached to an aromatic ring is 1. The summed E-state index contributed by atoms with van der Waals surface area (Å²) in [4.78, 5) is 20.6. The van der Waals surface area contributed by atoms with Gasteiger partial charge < -0.3 is 15.4 Å². The third kappa shape index (κ3) is 4.94. The van der Waals surface area contributed by atoms with Gasteiger partial charge in [0, 0.05) is 7.05 Å². The van der Waals surface area contributed by atoms with Crippen molar-refractivity contribution in [2.45, 2.75) is 26.4 Å². The molecule has 0 fully saturated rings. The Balaban J connectivity index is 2.69. The molecule has 1 aromatic heterocycles. The number of carbonyl (C=O) groups excluding carboxylic acids is 1. The molecule has 0 saturated heterocycles. The van der Waals surface area contributed by atoms with E-state index in [1.165, 1.54) is 11.2 Å². The second-order valence-corrected chi connectivity index (χ2v) is 5.42. The lowest BCUT2D eigenvalue weighted by Crippen LogP contribution is -2.34. The number of aromatic nitrogens is 2. The summed E-state index contributed by atoms with van der Waals surface area (Å²) in [7, 11) is 1.59. The van der Waals surface area contributed by atoms with Gasteiger partial charge in [0.05, 0.1) is 6.54 Å². The highest BCUT2D eigenvalue weighted by molar-refractivity contribution is 6.30. The molecule has 108 valence electrons. The lowest BCUT2D eigenvalue weighted by Gasteiger charge is -2.23. The third-order valence-electron chi connectivity index (χ3n) is 2.07. The molecule has 0 aliphatic rings. The van der Waals surface area contributed by atoms with Crippen molar-refractivity contribution >= 4 is 23.5 Å². The SMILES string of the molecule is CN(CC#Cc1c(N)ncnc1Cl)C(=O)OC(C)(C)C. The quantitative estimate of drug-likeness (QED) is 0.632. The van der Waals surface area contributed by atoms with Crippen molar-refractivity contribution in [2.75, 3.05) is 19.3 Å². The normalized spacial score (nSPS) is 10.4. The fraction of sp³-hybridized carbons (Fsp3) is 0.462. The fourth-order valence-corrected chi connectivity index (χ4v) is 1.33. The first-order valence-electron chi connectivity index (χ1n) is 5.89. The largest absolute Gasteiger partial charge is 0.444 e. The van der Waals surface area contributed by atoms with Crippen LogP contribution in [-0.2, 0) is 4.74 Å². The van der Waals surface area contributed by atoms with Crippen molar-refractivity contribution in [1.29, 1.82) is 0 Å². The highest BCUT2D eigenvalue weighted by Crippen LogP contribution is 2.15. The summed E-state index contributed by atoms with van der Waals surface area (Å²) in [6.45, 7) is 5.57. The first-order chi connectivity index (χ1) is 9.20. The number of nitrogens with zero attached hydrogens (tertiary/aromatic N) is 3. The van der Waals surface area contributed by atoms with Crippen molar-refractivity contribution in [1.82, 2.24) is 14.9 Å². The minimum absolute atomic E-state index is 0.180. The number of carbonyl (C=O) groups is 1. The number of hydrogen-bond acceptors (Lipinski definition) is 5. The van der Waals surface area contributed by atoms with E-state index in [9.17, 15) is 4.79 Å². The molecule has 1 aromatic rings. The number of ether oxygens (including phenoxy) is 1. The monoisotopic (exact) mass is 296 g/mol. The first kappa shape index (κ1) is 16.1. The van der Waals surface area contributed by atoms with Gasteiger partial charge in [-0.2, -0.15) is 0 Å². The van der Waals surface area contributed by atoms with Gasteiger partial charge >= 0.3 is 6.09 Å². The molecule has 0 saturated carbocycles. The number of nitrogens with two attached hydrogens (primary N) is 1. The lowest BCUT2D eigenvalue weighted by atomic mass is 10.2. The smallest absolute Gasteiger partial charge is 0.410 e. The molecule has 0 unspecified atom stereocenters. The zero-order valence-electron chi connectivity index (χ0n) is 11.9. The molecule has 0 aliphatic carbocycles. The van der Waals surface area contributed by atoms with Gasteiger partial charge in [0.25, 0.3) is 0 Å². The zero-order chi connectivity index (χ0) is 15.3. The van der Waals surface area contributed by atoms with Crippen LogP contribution in [-0.4, -0.2) is 40.2 Å². The predicted molar refractivity (Wildman–Crippen MR) is 77.2 cm³/mol. The molecule has 0 aromatic carbocycles. The molecule has 1 heterocycles. The number of anilines is 1.